The minimum atomic E-state index is 0.801. The lowest BCUT2D eigenvalue weighted by Gasteiger charge is -1.86. The van der Waals surface area contributed by atoms with E-state index in [-0.39, 0.29) is 0 Å². The van der Waals surface area contributed by atoms with Crippen LogP contribution in [-0.2, 0) is 14.1 Å². The summed E-state index contributed by atoms with van der Waals surface area (Å²) in [7, 11) is 3.93. The molecule has 1 aromatic rings. The van der Waals surface area contributed by atoms with Crippen LogP contribution in [0.2, 0.25) is 0 Å². The molecule has 0 aliphatic heterocycles. The second-order valence-electron chi connectivity index (χ2n) is 2.27. The first kappa shape index (κ1) is 6.13. The Morgan fingerprint density at radius 1 is 1.67 bits per heavy atom. The van der Waals surface area contributed by atoms with Gasteiger partial charge in [-0.2, -0.15) is 0 Å². The maximum absolute atomic E-state index is 5.58. The zero-order chi connectivity index (χ0) is 7.02. The van der Waals surface area contributed by atoms with Crippen LogP contribution in [0, 0.1) is 6.92 Å². The number of nitrogens with zero attached hydrogens (tertiary/aromatic N) is 2. The molecule has 0 aliphatic rings. The van der Waals surface area contributed by atoms with Gasteiger partial charge in [0.15, 0.2) is 6.20 Å². The minimum absolute atomic E-state index is 0.801. The number of imidazole rings is 1. The number of hydrogen-bond donors (Lipinski definition) is 1. The molecule has 0 unspecified atom stereocenters. The van der Waals surface area contributed by atoms with Gasteiger partial charge in [-0.05, 0) is 0 Å². The summed E-state index contributed by atoms with van der Waals surface area (Å²) < 4.78 is 3.94. The number of hydrogen-bond acceptors (Lipinski definition) is 1. The fraction of sp³-hybridized carbons (Fsp3) is 0.500. The second-order valence-corrected chi connectivity index (χ2v) is 2.27. The van der Waals surface area contributed by atoms with Crippen LogP contribution in [0.5, 0.6) is 0 Å². The molecule has 0 aromatic carbocycles. The van der Waals surface area contributed by atoms with Gasteiger partial charge in [-0.3, -0.25) is 0 Å². The Balaban J connectivity index is 3.29. The molecule has 0 atom stereocenters. The lowest BCUT2D eigenvalue weighted by molar-refractivity contribution is -0.677. The molecule has 0 saturated heterocycles. The average Bonchev–Trinajstić information content (AvgIpc) is 1.98. The third kappa shape index (κ3) is 0.781. The van der Waals surface area contributed by atoms with Crippen LogP contribution >= 0.6 is 0 Å². The Morgan fingerprint density at radius 3 is 2.33 bits per heavy atom. The molecule has 2 N–H and O–H groups in total. The number of rotatable bonds is 0. The van der Waals surface area contributed by atoms with Crippen LogP contribution in [0.4, 0.5) is 5.82 Å². The number of aryl methyl sites for hydroxylation is 1. The molecule has 1 aromatic heterocycles. The van der Waals surface area contributed by atoms with Crippen molar-refractivity contribution in [3.8, 4) is 0 Å². The average molecular weight is 126 g/mol. The highest BCUT2D eigenvalue weighted by Gasteiger charge is 2.08. The topological polar surface area (TPSA) is 34.8 Å². The van der Waals surface area contributed by atoms with Crippen molar-refractivity contribution in [3.63, 3.8) is 0 Å². The van der Waals surface area contributed by atoms with Crippen molar-refractivity contribution in [1.29, 1.82) is 0 Å². The van der Waals surface area contributed by atoms with E-state index in [4.69, 9.17) is 5.73 Å². The van der Waals surface area contributed by atoms with E-state index in [2.05, 4.69) is 0 Å². The van der Waals surface area contributed by atoms with Crippen LogP contribution < -0.4 is 10.3 Å². The van der Waals surface area contributed by atoms with E-state index in [1.54, 1.807) is 0 Å². The molecule has 3 heteroatoms. The standard InChI is InChI=1S/C6H12N3/c1-5-8(2)4-6(7)9(5)3/h4H,7H2,1-3H3/q+1. The smallest absolute Gasteiger partial charge is 0.254 e. The van der Waals surface area contributed by atoms with Crippen molar-refractivity contribution in [1.82, 2.24) is 4.57 Å². The molecule has 3 nitrogen and oxygen atoms in total. The number of nitrogen functional groups attached to an aromatic ring is 1. The van der Waals surface area contributed by atoms with Crippen LogP contribution in [0.3, 0.4) is 0 Å². The van der Waals surface area contributed by atoms with Crippen LogP contribution in [-0.4, -0.2) is 4.57 Å². The minimum Gasteiger partial charge on any atom is -0.363 e. The number of aromatic nitrogens is 2. The molecule has 1 heterocycles. The summed E-state index contributed by atoms with van der Waals surface area (Å²) in [6.45, 7) is 2.02. The molecule has 0 saturated carbocycles. The van der Waals surface area contributed by atoms with Crippen molar-refractivity contribution >= 4 is 5.82 Å². The fourth-order valence-electron chi connectivity index (χ4n) is 0.802. The van der Waals surface area contributed by atoms with Gasteiger partial charge in [0.1, 0.15) is 0 Å². The van der Waals surface area contributed by atoms with Gasteiger partial charge in [0.05, 0.1) is 14.1 Å². The van der Waals surface area contributed by atoms with E-state index < -0.39 is 0 Å². The van der Waals surface area contributed by atoms with Crippen LogP contribution in [0.1, 0.15) is 5.82 Å². The molecule has 0 bridgehead atoms. The first-order chi connectivity index (χ1) is 4.13. The second kappa shape index (κ2) is 1.76. The monoisotopic (exact) mass is 126 g/mol. The van der Waals surface area contributed by atoms with Gasteiger partial charge in [0.25, 0.3) is 5.82 Å². The third-order valence-corrected chi connectivity index (χ3v) is 1.71. The summed E-state index contributed by atoms with van der Waals surface area (Å²) in [5.41, 5.74) is 5.58. The zero-order valence-corrected chi connectivity index (χ0v) is 6.05. The molecule has 0 radical (unpaired) electrons. The summed E-state index contributed by atoms with van der Waals surface area (Å²) in [6.07, 6.45) is 1.90. The molecular weight excluding hydrogens is 114 g/mol. The zero-order valence-electron chi connectivity index (χ0n) is 6.05. The van der Waals surface area contributed by atoms with Gasteiger partial charge >= 0.3 is 0 Å². The van der Waals surface area contributed by atoms with E-state index in [1.807, 2.05) is 36.4 Å². The maximum atomic E-state index is 5.58. The van der Waals surface area contributed by atoms with Crippen molar-refractivity contribution in [2.75, 3.05) is 5.73 Å². The van der Waals surface area contributed by atoms with Gasteiger partial charge in [0, 0.05) is 6.92 Å². The van der Waals surface area contributed by atoms with Gasteiger partial charge in [-0.1, -0.05) is 0 Å². The van der Waals surface area contributed by atoms with E-state index in [0.717, 1.165) is 11.6 Å². The van der Waals surface area contributed by atoms with Gasteiger partial charge in [-0.15, -0.1) is 0 Å². The van der Waals surface area contributed by atoms with E-state index >= 15 is 0 Å². The van der Waals surface area contributed by atoms with Crippen molar-refractivity contribution in [2.45, 2.75) is 6.92 Å². The highest BCUT2D eigenvalue weighted by molar-refractivity contribution is 5.23. The summed E-state index contributed by atoms with van der Waals surface area (Å²) in [5, 5.41) is 0. The summed E-state index contributed by atoms with van der Waals surface area (Å²) in [4.78, 5) is 0. The number of nitrogens with two attached hydrogens (primary N) is 1. The Kier molecular flexibility index (Phi) is 1.20. The molecular formula is C6H12N3+. The SMILES string of the molecule is Cc1n(C)c(N)c[n+]1C. The maximum Gasteiger partial charge on any atom is 0.254 e. The highest BCUT2D eigenvalue weighted by Crippen LogP contribution is 1.98. The molecule has 1 rings (SSSR count). The van der Waals surface area contributed by atoms with Gasteiger partial charge in [-0.25, -0.2) is 9.13 Å². The first-order valence-corrected chi connectivity index (χ1v) is 2.90. The fourth-order valence-corrected chi connectivity index (χ4v) is 0.802. The molecule has 0 fully saturated rings. The Bertz CT molecular complexity index is 202. The van der Waals surface area contributed by atoms with Crippen molar-refractivity contribution in [3.05, 3.63) is 12.0 Å². The Labute approximate surface area is 54.7 Å². The van der Waals surface area contributed by atoms with Crippen molar-refractivity contribution < 1.29 is 4.57 Å². The van der Waals surface area contributed by atoms with E-state index in [1.165, 1.54) is 0 Å². The summed E-state index contributed by atoms with van der Waals surface area (Å²) >= 11 is 0. The molecule has 0 aliphatic carbocycles. The van der Waals surface area contributed by atoms with E-state index in [0.29, 0.717) is 0 Å². The van der Waals surface area contributed by atoms with Crippen molar-refractivity contribution in [2.24, 2.45) is 14.1 Å². The highest BCUT2D eigenvalue weighted by atomic mass is 15.2. The normalized spacial score (nSPS) is 10.1. The molecule has 50 valence electrons. The van der Waals surface area contributed by atoms with Crippen LogP contribution in [0.15, 0.2) is 6.20 Å². The Hall–Kier alpha value is -0.990. The largest absolute Gasteiger partial charge is 0.363 e. The van der Waals surface area contributed by atoms with Gasteiger partial charge < -0.3 is 5.73 Å². The predicted molar refractivity (Wildman–Crippen MR) is 35.7 cm³/mol. The molecule has 0 spiro atoms. The van der Waals surface area contributed by atoms with Crippen LogP contribution in [0.25, 0.3) is 0 Å². The number of anilines is 1. The Morgan fingerprint density at radius 2 is 2.22 bits per heavy atom. The first-order valence-electron chi connectivity index (χ1n) is 2.90. The lowest BCUT2D eigenvalue weighted by atomic mass is 10.7. The summed E-state index contributed by atoms with van der Waals surface area (Å²) in [6, 6.07) is 0. The summed E-state index contributed by atoms with van der Waals surface area (Å²) in [5.74, 6) is 1.96. The third-order valence-electron chi connectivity index (χ3n) is 1.71. The van der Waals surface area contributed by atoms with Gasteiger partial charge in [0.2, 0.25) is 5.82 Å². The quantitative estimate of drug-likeness (QED) is 0.477. The predicted octanol–water partition coefficient (Wildman–Crippen LogP) is -0.260. The lowest BCUT2D eigenvalue weighted by Crippen LogP contribution is -2.29. The van der Waals surface area contributed by atoms with E-state index in [9.17, 15) is 0 Å². The molecule has 9 heavy (non-hydrogen) atoms. The molecule has 0 amide bonds.